The number of methoxy groups -OCH3 is 1. The summed E-state index contributed by atoms with van der Waals surface area (Å²) in [6.45, 7) is 0.490. The highest BCUT2D eigenvalue weighted by molar-refractivity contribution is 8.00. The Morgan fingerprint density at radius 3 is 3.05 bits per heavy atom. The third kappa shape index (κ3) is 3.02. The summed E-state index contributed by atoms with van der Waals surface area (Å²) in [6, 6.07) is 1.77. The van der Waals surface area contributed by atoms with Gasteiger partial charge >= 0.3 is 5.97 Å². The maximum absolute atomic E-state index is 13.0. The second-order valence-electron chi connectivity index (χ2n) is 5.64. The molecule has 3 heterocycles. The van der Waals surface area contributed by atoms with Gasteiger partial charge in [-0.05, 0) is 35.6 Å². The number of fused-ring (bicyclic) bond motifs is 1. The smallest absolute Gasteiger partial charge is 0.305 e. The fraction of sp³-hybridized carbons (Fsp3) is 0.600. The number of ether oxygens (including phenoxy) is 1. The number of carbonyl (C=O) groups excluding carboxylic acids is 1. The van der Waals surface area contributed by atoms with Gasteiger partial charge in [0.05, 0.1) is 12.5 Å². The standard InChI is InChI=1S/C15H19NO4S2/c1-20-10-6-9(7-13(17)18)16(8-10)15(19)14-11-2-4-21-12(11)3-5-22-14/h2,4,9-10,14H,3,5-8H2,1H3,(H,17,18). The number of carboxylic acids is 1. The molecule has 0 bridgehead atoms. The van der Waals surface area contributed by atoms with E-state index >= 15 is 0 Å². The van der Waals surface area contributed by atoms with Gasteiger partial charge in [-0.25, -0.2) is 0 Å². The Labute approximate surface area is 137 Å². The van der Waals surface area contributed by atoms with Crippen molar-refractivity contribution in [2.45, 2.75) is 36.7 Å². The number of rotatable bonds is 4. The third-order valence-corrected chi connectivity index (χ3v) is 6.53. The largest absolute Gasteiger partial charge is 0.481 e. The van der Waals surface area contributed by atoms with Gasteiger partial charge in [-0.1, -0.05) is 0 Å². The lowest BCUT2D eigenvalue weighted by Gasteiger charge is -2.29. The number of thioether (sulfide) groups is 1. The fourth-order valence-electron chi connectivity index (χ4n) is 3.21. The zero-order valence-corrected chi connectivity index (χ0v) is 14.0. The first-order valence-corrected chi connectivity index (χ1v) is 9.26. The summed E-state index contributed by atoms with van der Waals surface area (Å²) in [7, 11) is 1.61. The summed E-state index contributed by atoms with van der Waals surface area (Å²) in [6.07, 6.45) is 1.53. The summed E-state index contributed by atoms with van der Waals surface area (Å²) < 4.78 is 5.35. The molecule has 22 heavy (non-hydrogen) atoms. The van der Waals surface area contributed by atoms with E-state index in [4.69, 9.17) is 9.84 Å². The second-order valence-corrected chi connectivity index (χ2v) is 7.85. The van der Waals surface area contributed by atoms with E-state index in [1.165, 1.54) is 4.88 Å². The first kappa shape index (κ1) is 15.8. The van der Waals surface area contributed by atoms with Crippen LogP contribution in [0.3, 0.4) is 0 Å². The summed E-state index contributed by atoms with van der Waals surface area (Å²) >= 11 is 3.37. The molecule has 3 atom stereocenters. The fourth-order valence-corrected chi connectivity index (χ4v) is 5.57. The van der Waals surface area contributed by atoms with E-state index in [9.17, 15) is 9.59 Å². The number of carbonyl (C=O) groups is 2. The van der Waals surface area contributed by atoms with Crippen molar-refractivity contribution in [3.05, 3.63) is 21.9 Å². The minimum atomic E-state index is -0.868. The van der Waals surface area contributed by atoms with Crippen LogP contribution in [0.15, 0.2) is 11.4 Å². The van der Waals surface area contributed by atoms with Gasteiger partial charge in [0.2, 0.25) is 5.91 Å². The summed E-state index contributed by atoms with van der Waals surface area (Å²) in [4.78, 5) is 27.1. The lowest BCUT2D eigenvalue weighted by atomic mass is 10.1. The van der Waals surface area contributed by atoms with E-state index in [0.717, 1.165) is 17.7 Å². The van der Waals surface area contributed by atoms with Crippen LogP contribution >= 0.6 is 23.1 Å². The normalized spacial score (nSPS) is 27.7. The Morgan fingerprint density at radius 1 is 1.50 bits per heavy atom. The van der Waals surface area contributed by atoms with Gasteiger partial charge < -0.3 is 14.7 Å². The molecule has 1 saturated heterocycles. The van der Waals surface area contributed by atoms with Crippen LogP contribution in [0.5, 0.6) is 0 Å². The second kappa shape index (κ2) is 6.60. The van der Waals surface area contributed by atoms with Gasteiger partial charge in [-0.2, -0.15) is 0 Å². The van der Waals surface area contributed by atoms with Crippen LogP contribution in [0.1, 0.15) is 28.5 Å². The zero-order valence-electron chi connectivity index (χ0n) is 12.4. The molecular formula is C15H19NO4S2. The van der Waals surface area contributed by atoms with Gasteiger partial charge in [0.1, 0.15) is 5.25 Å². The molecule has 7 heteroatoms. The van der Waals surface area contributed by atoms with Crippen LogP contribution in [-0.4, -0.2) is 53.4 Å². The highest BCUT2D eigenvalue weighted by Gasteiger charge is 2.40. The monoisotopic (exact) mass is 341 g/mol. The number of likely N-dealkylation sites (tertiary alicyclic amines) is 1. The van der Waals surface area contributed by atoms with E-state index in [0.29, 0.717) is 13.0 Å². The van der Waals surface area contributed by atoms with Crippen molar-refractivity contribution in [3.8, 4) is 0 Å². The highest BCUT2D eigenvalue weighted by atomic mass is 32.2. The Hall–Kier alpha value is -1.05. The van der Waals surface area contributed by atoms with Crippen molar-refractivity contribution in [1.29, 1.82) is 0 Å². The average molecular weight is 341 g/mol. The Bertz CT molecular complexity index is 574. The third-order valence-electron chi connectivity index (χ3n) is 4.30. The molecule has 0 saturated carbocycles. The van der Waals surface area contributed by atoms with Crippen LogP contribution in [0.25, 0.3) is 0 Å². The highest BCUT2D eigenvalue weighted by Crippen LogP contribution is 2.41. The van der Waals surface area contributed by atoms with Crippen molar-refractivity contribution < 1.29 is 19.4 Å². The van der Waals surface area contributed by atoms with Crippen molar-refractivity contribution in [2.75, 3.05) is 19.4 Å². The summed E-state index contributed by atoms with van der Waals surface area (Å²) in [5.41, 5.74) is 1.11. The molecule has 3 unspecified atom stereocenters. The molecule has 1 amide bonds. The lowest BCUT2D eigenvalue weighted by molar-refractivity contribution is -0.139. The number of carboxylic acid groups (broad SMARTS) is 1. The predicted octanol–water partition coefficient (Wildman–Crippen LogP) is 2.17. The topological polar surface area (TPSA) is 66.8 Å². The molecule has 120 valence electrons. The molecule has 3 rings (SSSR count). The van der Waals surface area contributed by atoms with E-state index in [1.807, 2.05) is 11.4 Å². The van der Waals surface area contributed by atoms with Crippen molar-refractivity contribution in [2.24, 2.45) is 0 Å². The van der Waals surface area contributed by atoms with Crippen LogP contribution < -0.4 is 0 Å². The summed E-state index contributed by atoms with van der Waals surface area (Å²) in [5, 5.41) is 10.9. The number of hydrogen-bond donors (Lipinski definition) is 1. The number of aliphatic carboxylic acids is 1. The Morgan fingerprint density at radius 2 is 2.32 bits per heavy atom. The van der Waals surface area contributed by atoms with E-state index in [-0.39, 0.29) is 29.7 Å². The molecule has 2 aliphatic heterocycles. The maximum atomic E-state index is 13.0. The summed E-state index contributed by atoms with van der Waals surface area (Å²) in [5.74, 6) is 0.108. The molecule has 0 aromatic carbocycles. The molecule has 1 aromatic rings. The van der Waals surface area contributed by atoms with E-state index in [2.05, 4.69) is 0 Å². The van der Waals surface area contributed by atoms with Crippen molar-refractivity contribution >= 4 is 35.0 Å². The number of hydrogen-bond acceptors (Lipinski definition) is 5. The van der Waals surface area contributed by atoms with E-state index < -0.39 is 5.97 Å². The van der Waals surface area contributed by atoms with Crippen LogP contribution in [0.4, 0.5) is 0 Å². The predicted molar refractivity (Wildman–Crippen MR) is 86.4 cm³/mol. The first-order chi connectivity index (χ1) is 10.6. The lowest BCUT2D eigenvalue weighted by Crippen LogP contribution is -2.40. The molecule has 1 N–H and O–H groups in total. The molecule has 5 nitrogen and oxygen atoms in total. The number of amides is 1. The Balaban J connectivity index is 1.80. The zero-order chi connectivity index (χ0) is 15.7. The average Bonchev–Trinajstić information content (AvgIpc) is 3.11. The van der Waals surface area contributed by atoms with Crippen LogP contribution in [0.2, 0.25) is 0 Å². The maximum Gasteiger partial charge on any atom is 0.305 e. The Kier molecular flexibility index (Phi) is 4.75. The van der Waals surface area contributed by atoms with Gasteiger partial charge in [0.15, 0.2) is 0 Å². The molecule has 0 aliphatic carbocycles. The number of thiophene rings is 1. The number of nitrogens with zero attached hydrogens (tertiary/aromatic N) is 1. The minimum absolute atomic E-state index is 0.0144. The van der Waals surface area contributed by atoms with Gasteiger partial charge in [-0.15, -0.1) is 23.1 Å². The van der Waals surface area contributed by atoms with Gasteiger partial charge in [0.25, 0.3) is 0 Å². The minimum Gasteiger partial charge on any atom is -0.481 e. The van der Waals surface area contributed by atoms with Crippen LogP contribution in [-0.2, 0) is 20.7 Å². The molecular weight excluding hydrogens is 322 g/mol. The SMILES string of the molecule is COC1CC(CC(=O)O)N(C(=O)C2SCCc3sccc32)C1. The van der Waals surface area contributed by atoms with Crippen LogP contribution in [0, 0.1) is 0 Å². The van der Waals surface area contributed by atoms with E-state index in [1.54, 1.807) is 35.1 Å². The molecule has 2 aliphatic rings. The molecule has 1 fully saturated rings. The van der Waals surface area contributed by atoms with Crippen molar-refractivity contribution in [3.63, 3.8) is 0 Å². The first-order valence-electron chi connectivity index (χ1n) is 7.33. The molecule has 0 spiro atoms. The van der Waals surface area contributed by atoms with Gasteiger partial charge in [-0.3, -0.25) is 9.59 Å². The van der Waals surface area contributed by atoms with Crippen molar-refractivity contribution in [1.82, 2.24) is 4.90 Å². The number of aryl methyl sites for hydroxylation is 1. The molecule has 0 radical (unpaired) electrons. The quantitative estimate of drug-likeness (QED) is 0.909. The molecule has 1 aromatic heterocycles. The van der Waals surface area contributed by atoms with Gasteiger partial charge in [0, 0.05) is 24.6 Å².